The van der Waals surface area contributed by atoms with Gasteiger partial charge in [0.2, 0.25) is 0 Å². The van der Waals surface area contributed by atoms with Gasteiger partial charge in [0.1, 0.15) is 0 Å². The van der Waals surface area contributed by atoms with E-state index in [0.717, 1.165) is 21.4 Å². The molecule has 4 nitrogen and oxygen atoms in total. The van der Waals surface area contributed by atoms with Crippen LogP contribution in [0.15, 0.2) is 59.3 Å². The molecule has 23 heavy (non-hydrogen) atoms. The van der Waals surface area contributed by atoms with Crippen molar-refractivity contribution in [1.82, 2.24) is 9.78 Å². The van der Waals surface area contributed by atoms with Crippen molar-refractivity contribution < 1.29 is 4.79 Å². The van der Waals surface area contributed by atoms with Gasteiger partial charge in [-0.05, 0) is 42.8 Å². The molecule has 0 saturated heterocycles. The number of carbonyl (C=O) groups excluding carboxylic acids is 1. The molecule has 0 atom stereocenters. The molecule has 0 saturated carbocycles. The molecule has 0 spiro atoms. The van der Waals surface area contributed by atoms with Gasteiger partial charge in [-0.25, -0.2) is 4.68 Å². The van der Waals surface area contributed by atoms with Crippen molar-refractivity contribution in [2.75, 3.05) is 5.32 Å². The highest BCUT2D eigenvalue weighted by atomic mass is 79.9. The van der Waals surface area contributed by atoms with Gasteiger partial charge >= 0.3 is 0 Å². The van der Waals surface area contributed by atoms with Crippen molar-refractivity contribution >= 4 is 39.1 Å². The summed E-state index contributed by atoms with van der Waals surface area (Å²) in [5.41, 5.74) is 3.03. The zero-order valence-corrected chi connectivity index (χ0v) is 14.6. The van der Waals surface area contributed by atoms with E-state index in [2.05, 4.69) is 26.3 Å². The molecule has 0 fully saturated rings. The number of halogens is 2. The Morgan fingerprint density at radius 2 is 2.09 bits per heavy atom. The molecule has 1 heterocycles. The number of aromatic nitrogens is 2. The molecule has 0 aliphatic rings. The fraction of sp³-hybridized carbons (Fsp3) is 0.0588. The van der Waals surface area contributed by atoms with E-state index < -0.39 is 0 Å². The summed E-state index contributed by atoms with van der Waals surface area (Å²) in [5, 5.41) is 7.73. The molecule has 0 bridgehead atoms. The Morgan fingerprint density at radius 3 is 2.87 bits per heavy atom. The first-order valence-corrected chi connectivity index (χ1v) is 8.08. The van der Waals surface area contributed by atoms with Crippen molar-refractivity contribution in [1.29, 1.82) is 0 Å². The van der Waals surface area contributed by atoms with Gasteiger partial charge in [-0.2, -0.15) is 5.10 Å². The van der Waals surface area contributed by atoms with E-state index in [1.165, 1.54) is 6.20 Å². The van der Waals surface area contributed by atoms with Crippen LogP contribution in [0.5, 0.6) is 0 Å². The monoisotopic (exact) mass is 389 g/mol. The van der Waals surface area contributed by atoms with Gasteiger partial charge in [0.05, 0.1) is 17.4 Å². The highest BCUT2D eigenvalue weighted by Crippen LogP contribution is 2.21. The van der Waals surface area contributed by atoms with E-state index in [4.69, 9.17) is 11.6 Å². The molecule has 0 aliphatic carbocycles. The highest BCUT2D eigenvalue weighted by Gasteiger charge is 2.11. The van der Waals surface area contributed by atoms with Gasteiger partial charge in [0, 0.05) is 21.4 Å². The third-order valence-corrected chi connectivity index (χ3v) is 4.09. The van der Waals surface area contributed by atoms with E-state index in [9.17, 15) is 4.79 Å². The lowest BCUT2D eigenvalue weighted by Crippen LogP contribution is -2.12. The van der Waals surface area contributed by atoms with Crippen LogP contribution >= 0.6 is 27.5 Å². The zero-order chi connectivity index (χ0) is 16.4. The zero-order valence-electron chi connectivity index (χ0n) is 12.3. The number of anilines is 1. The third-order valence-electron chi connectivity index (χ3n) is 3.37. The molecule has 0 aliphatic heterocycles. The summed E-state index contributed by atoms with van der Waals surface area (Å²) in [6.45, 7) is 1.94. The van der Waals surface area contributed by atoms with E-state index in [0.29, 0.717) is 10.6 Å². The normalized spacial score (nSPS) is 10.6. The van der Waals surface area contributed by atoms with Crippen molar-refractivity contribution in [3.8, 4) is 5.69 Å². The minimum Gasteiger partial charge on any atom is -0.322 e. The van der Waals surface area contributed by atoms with Crippen molar-refractivity contribution in [3.05, 3.63) is 75.5 Å². The lowest BCUT2D eigenvalue weighted by Gasteiger charge is -2.07. The average molecular weight is 391 g/mol. The van der Waals surface area contributed by atoms with Crippen molar-refractivity contribution in [2.24, 2.45) is 0 Å². The third kappa shape index (κ3) is 3.63. The molecule has 1 aromatic heterocycles. The second-order valence-electron chi connectivity index (χ2n) is 5.07. The largest absolute Gasteiger partial charge is 0.322 e. The molecule has 6 heteroatoms. The second-order valence-corrected chi connectivity index (χ2v) is 6.42. The first-order chi connectivity index (χ1) is 11.0. The molecule has 0 unspecified atom stereocenters. The van der Waals surface area contributed by atoms with Crippen LogP contribution in [0.4, 0.5) is 5.69 Å². The van der Waals surface area contributed by atoms with Gasteiger partial charge in [0.25, 0.3) is 5.91 Å². The van der Waals surface area contributed by atoms with Gasteiger partial charge < -0.3 is 5.32 Å². The number of hydrogen-bond donors (Lipinski definition) is 1. The Labute approximate surface area is 147 Å². The Bertz CT molecular complexity index is 876. The lowest BCUT2D eigenvalue weighted by molar-refractivity contribution is 0.102. The first kappa shape index (κ1) is 15.8. The second kappa shape index (κ2) is 6.56. The number of benzene rings is 2. The summed E-state index contributed by atoms with van der Waals surface area (Å²) in [7, 11) is 0. The molecule has 116 valence electrons. The van der Waals surface area contributed by atoms with E-state index in [1.807, 2.05) is 37.3 Å². The summed E-state index contributed by atoms with van der Waals surface area (Å²) < 4.78 is 2.53. The van der Waals surface area contributed by atoms with Gasteiger partial charge in [-0.3, -0.25) is 4.79 Å². The number of aryl methyl sites for hydroxylation is 1. The summed E-state index contributed by atoms with van der Waals surface area (Å²) in [6, 6.07) is 13.0. The fourth-order valence-electron chi connectivity index (χ4n) is 2.12. The van der Waals surface area contributed by atoms with Crippen LogP contribution in [-0.2, 0) is 0 Å². The van der Waals surface area contributed by atoms with Crippen LogP contribution in [-0.4, -0.2) is 15.7 Å². The highest BCUT2D eigenvalue weighted by molar-refractivity contribution is 9.10. The molecular weight excluding hydrogens is 378 g/mol. The number of hydrogen-bond acceptors (Lipinski definition) is 2. The first-order valence-electron chi connectivity index (χ1n) is 6.91. The number of amides is 1. The Hall–Kier alpha value is -2.11. The molecule has 0 radical (unpaired) electrons. The van der Waals surface area contributed by atoms with Crippen LogP contribution in [0.2, 0.25) is 5.02 Å². The Balaban J connectivity index is 1.82. The number of rotatable bonds is 3. The Morgan fingerprint density at radius 1 is 1.26 bits per heavy atom. The van der Waals surface area contributed by atoms with Crippen LogP contribution in [0.1, 0.15) is 15.9 Å². The van der Waals surface area contributed by atoms with Crippen LogP contribution < -0.4 is 5.32 Å². The van der Waals surface area contributed by atoms with Crippen molar-refractivity contribution in [3.63, 3.8) is 0 Å². The quantitative estimate of drug-likeness (QED) is 0.695. The van der Waals surface area contributed by atoms with E-state index in [-0.39, 0.29) is 5.91 Å². The van der Waals surface area contributed by atoms with Crippen LogP contribution in [0.3, 0.4) is 0 Å². The van der Waals surface area contributed by atoms with E-state index in [1.54, 1.807) is 23.0 Å². The number of carbonyl (C=O) groups is 1. The molecule has 3 rings (SSSR count). The summed E-state index contributed by atoms with van der Waals surface area (Å²) in [4.78, 5) is 12.4. The maximum absolute atomic E-state index is 12.4. The van der Waals surface area contributed by atoms with Gasteiger partial charge in [-0.1, -0.05) is 39.7 Å². The molecule has 2 aromatic carbocycles. The fourth-order valence-corrected chi connectivity index (χ4v) is 2.67. The summed E-state index contributed by atoms with van der Waals surface area (Å²) in [5.74, 6) is -0.209. The van der Waals surface area contributed by atoms with Crippen molar-refractivity contribution in [2.45, 2.75) is 6.92 Å². The average Bonchev–Trinajstić information content (AvgIpc) is 3.01. The Kier molecular flexibility index (Phi) is 4.50. The smallest absolute Gasteiger partial charge is 0.258 e. The topological polar surface area (TPSA) is 46.9 Å². The number of nitrogens with zero attached hydrogens (tertiary/aromatic N) is 2. The summed E-state index contributed by atoms with van der Waals surface area (Å²) >= 11 is 9.38. The summed E-state index contributed by atoms with van der Waals surface area (Å²) in [6.07, 6.45) is 3.21. The SMILES string of the molecule is Cc1ccc(Br)cc1NC(=O)c1cnn(-c2cccc(Cl)c2)c1. The predicted octanol–water partition coefficient (Wildman–Crippen LogP) is 4.85. The molecular formula is C17H13BrClN3O. The van der Waals surface area contributed by atoms with E-state index >= 15 is 0 Å². The van der Waals surface area contributed by atoms with Crippen LogP contribution in [0.25, 0.3) is 5.69 Å². The standard InChI is InChI=1S/C17H13BrClN3O/c1-11-5-6-13(18)7-16(11)21-17(23)12-9-20-22(10-12)15-4-2-3-14(19)8-15/h2-10H,1H3,(H,21,23). The van der Waals surface area contributed by atoms with Gasteiger partial charge in [0.15, 0.2) is 0 Å². The molecule has 1 amide bonds. The minimum absolute atomic E-state index is 0.209. The maximum Gasteiger partial charge on any atom is 0.258 e. The lowest BCUT2D eigenvalue weighted by atomic mass is 10.2. The number of nitrogens with one attached hydrogen (secondary N) is 1. The van der Waals surface area contributed by atoms with Crippen LogP contribution in [0, 0.1) is 6.92 Å². The van der Waals surface area contributed by atoms with Gasteiger partial charge in [-0.15, -0.1) is 0 Å². The molecule has 1 N–H and O–H groups in total. The minimum atomic E-state index is -0.209. The molecule has 3 aromatic rings. The maximum atomic E-state index is 12.4. The predicted molar refractivity (Wildman–Crippen MR) is 95.4 cm³/mol.